The van der Waals surface area contributed by atoms with Crippen LogP contribution in [0.3, 0.4) is 0 Å². The molecule has 0 saturated heterocycles. The SMILES string of the molecule is Nc1ncnc2c1ncn2[C@H]1C=C[C@@H](CC(=O)O)C1. The van der Waals surface area contributed by atoms with E-state index in [9.17, 15) is 4.79 Å². The average Bonchev–Trinajstić information content (AvgIpc) is 2.95. The molecular formula is C12H13N5O2. The second-order valence-electron chi connectivity index (χ2n) is 4.63. The summed E-state index contributed by atoms with van der Waals surface area (Å²) >= 11 is 0. The normalized spacial score (nSPS) is 22.1. The molecule has 3 N–H and O–H groups in total. The number of carboxylic acids is 1. The first-order chi connectivity index (χ1) is 9.15. The molecule has 1 aliphatic rings. The molecule has 0 radical (unpaired) electrons. The highest BCUT2D eigenvalue weighted by atomic mass is 16.4. The number of nitrogens with zero attached hydrogens (tertiary/aromatic N) is 4. The van der Waals surface area contributed by atoms with Gasteiger partial charge in [-0.15, -0.1) is 0 Å². The van der Waals surface area contributed by atoms with Crippen molar-refractivity contribution in [3.63, 3.8) is 0 Å². The Kier molecular flexibility index (Phi) is 2.66. The van der Waals surface area contributed by atoms with Crippen LogP contribution in [0.5, 0.6) is 0 Å². The molecule has 3 rings (SSSR count). The van der Waals surface area contributed by atoms with Crippen LogP contribution in [0.4, 0.5) is 5.82 Å². The van der Waals surface area contributed by atoms with Crippen molar-refractivity contribution in [1.29, 1.82) is 0 Å². The fraction of sp³-hybridized carbons (Fsp3) is 0.333. The summed E-state index contributed by atoms with van der Waals surface area (Å²) in [7, 11) is 0. The zero-order valence-electron chi connectivity index (χ0n) is 10.1. The molecule has 0 unspecified atom stereocenters. The van der Waals surface area contributed by atoms with Gasteiger partial charge in [0.1, 0.15) is 11.8 Å². The first kappa shape index (κ1) is 11.6. The van der Waals surface area contributed by atoms with Crippen molar-refractivity contribution in [2.45, 2.75) is 18.9 Å². The lowest BCUT2D eigenvalue weighted by molar-refractivity contribution is -0.137. The van der Waals surface area contributed by atoms with Crippen molar-refractivity contribution in [1.82, 2.24) is 19.5 Å². The third-order valence-corrected chi connectivity index (χ3v) is 3.33. The molecule has 1 aliphatic carbocycles. The van der Waals surface area contributed by atoms with Crippen LogP contribution in [0.25, 0.3) is 11.2 Å². The predicted octanol–water partition coefficient (Wildman–Crippen LogP) is 1.00. The van der Waals surface area contributed by atoms with Crippen molar-refractivity contribution in [2.75, 3.05) is 5.73 Å². The Labute approximate surface area is 108 Å². The maximum Gasteiger partial charge on any atom is 0.303 e. The first-order valence-corrected chi connectivity index (χ1v) is 5.98. The van der Waals surface area contributed by atoms with Crippen LogP contribution < -0.4 is 5.73 Å². The highest BCUT2D eigenvalue weighted by Gasteiger charge is 2.24. The molecule has 0 bridgehead atoms. The zero-order chi connectivity index (χ0) is 13.4. The van der Waals surface area contributed by atoms with E-state index in [0.29, 0.717) is 17.0 Å². The second-order valence-corrected chi connectivity index (χ2v) is 4.63. The third kappa shape index (κ3) is 2.03. The number of aromatic nitrogens is 4. The number of rotatable bonds is 3. The molecule has 0 spiro atoms. The van der Waals surface area contributed by atoms with Gasteiger partial charge in [-0.1, -0.05) is 12.2 Å². The van der Waals surface area contributed by atoms with Gasteiger partial charge in [0.25, 0.3) is 0 Å². The van der Waals surface area contributed by atoms with Gasteiger partial charge in [-0.25, -0.2) is 15.0 Å². The number of allylic oxidation sites excluding steroid dienone is 2. The minimum atomic E-state index is -0.780. The Morgan fingerprint density at radius 3 is 3.05 bits per heavy atom. The number of carbonyl (C=O) groups is 1. The minimum Gasteiger partial charge on any atom is -0.481 e. The van der Waals surface area contributed by atoms with E-state index in [0.717, 1.165) is 6.42 Å². The van der Waals surface area contributed by atoms with E-state index in [1.54, 1.807) is 6.33 Å². The fourth-order valence-corrected chi connectivity index (χ4v) is 2.45. The Hall–Kier alpha value is -2.44. The summed E-state index contributed by atoms with van der Waals surface area (Å²) < 4.78 is 1.91. The van der Waals surface area contributed by atoms with Crippen molar-refractivity contribution in [2.24, 2.45) is 5.92 Å². The lowest BCUT2D eigenvalue weighted by Gasteiger charge is -2.12. The molecular weight excluding hydrogens is 246 g/mol. The van der Waals surface area contributed by atoms with Gasteiger partial charge < -0.3 is 15.4 Å². The van der Waals surface area contributed by atoms with Crippen LogP contribution in [-0.2, 0) is 4.79 Å². The summed E-state index contributed by atoms with van der Waals surface area (Å²) in [5, 5.41) is 8.81. The van der Waals surface area contributed by atoms with Gasteiger partial charge in [0.15, 0.2) is 11.5 Å². The van der Waals surface area contributed by atoms with Gasteiger partial charge in [0, 0.05) is 0 Å². The molecule has 2 heterocycles. The summed E-state index contributed by atoms with van der Waals surface area (Å²) in [6.45, 7) is 0. The number of nitrogen functional groups attached to an aromatic ring is 1. The number of nitrogens with two attached hydrogens (primary N) is 1. The minimum absolute atomic E-state index is 0.0548. The number of anilines is 1. The molecule has 7 nitrogen and oxygen atoms in total. The summed E-state index contributed by atoms with van der Waals surface area (Å²) in [6.07, 6.45) is 7.90. The van der Waals surface area contributed by atoms with E-state index >= 15 is 0 Å². The summed E-state index contributed by atoms with van der Waals surface area (Å²) in [5.74, 6) is -0.371. The molecule has 7 heteroatoms. The molecule has 0 saturated carbocycles. The second kappa shape index (κ2) is 4.34. The third-order valence-electron chi connectivity index (χ3n) is 3.33. The Morgan fingerprint density at radius 1 is 1.42 bits per heavy atom. The quantitative estimate of drug-likeness (QED) is 0.796. The summed E-state index contributed by atoms with van der Waals surface area (Å²) in [6, 6.07) is 0.0728. The van der Waals surface area contributed by atoms with E-state index in [-0.39, 0.29) is 18.4 Å². The van der Waals surface area contributed by atoms with E-state index in [1.165, 1.54) is 6.33 Å². The standard InChI is InChI=1S/C12H13N5O2/c13-11-10-12(15-5-14-11)17(6-16-10)8-2-1-7(3-8)4-9(18)19/h1-2,5-8H,3-4H2,(H,18,19)(H2,13,14,15)/t7-,8+/m1/s1. The van der Waals surface area contributed by atoms with E-state index < -0.39 is 5.97 Å². The van der Waals surface area contributed by atoms with Crippen LogP contribution in [0.2, 0.25) is 0 Å². The molecule has 0 aromatic carbocycles. The number of hydrogen-bond donors (Lipinski definition) is 2. The number of imidazole rings is 1. The highest BCUT2D eigenvalue weighted by Crippen LogP contribution is 2.32. The number of hydrogen-bond acceptors (Lipinski definition) is 5. The lowest BCUT2D eigenvalue weighted by Crippen LogP contribution is -2.08. The van der Waals surface area contributed by atoms with E-state index in [2.05, 4.69) is 15.0 Å². The smallest absolute Gasteiger partial charge is 0.303 e. The van der Waals surface area contributed by atoms with E-state index in [4.69, 9.17) is 10.8 Å². The predicted molar refractivity (Wildman–Crippen MR) is 68.3 cm³/mol. The highest BCUT2D eigenvalue weighted by molar-refractivity contribution is 5.81. The molecule has 2 aromatic rings. The largest absolute Gasteiger partial charge is 0.481 e. The molecule has 2 aromatic heterocycles. The Bertz CT molecular complexity index is 663. The number of aliphatic carboxylic acids is 1. The maximum absolute atomic E-state index is 10.7. The molecule has 98 valence electrons. The van der Waals surface area contributed by atoms with Gasteiger partial charge in [-0.3, -0.25) is 4.79 Å². The van der Waals surface area contributed by atoms with Gasteiger partial charge in [-0.05, 0) is 12.3 Å². The topological polar surface area (TPSA) is 107 Å². The molecule has 0 fully saturated rings. The molecule has 0 aliphatic heterocycles. The Morgan fingerprint density at radius 2 is 2.26 bits per heavy atom. The van der Waals surface area contributed by atoms with Crippen LogP contribution >= 0.6 is 0 Å². The van der Waals surface area contributed by atoms with Crippen LogP contribution in [0.1, 0.15) is 18.9 Å². The van der Waals surface area contributed by atoms with E-state index in [1.807, 2.05) is 16.7 Å². The summed E-state index contributed by atoms with van der Waals surface area (Å²) in [5.41, 5.74) is 7.00. The van der Waals surface area contributed by atoms with Crippen molar-refractivity contribution < 1.29 is 9.90 Å². The monoisotopic (exact) mass is 259 g/mol. The number of carboxylic acid groups (broad SMARTS) is 1. The lowest BCUT2D eigenvalue weighted by atomic mass is 10.0. The molecule has 19 heavy (non-hydrogen) atoms. The van der Waals surface area contributed by atoms with Crippen molar-refractivity contribution in [3.05, 3.63) is 24.8 Å². The van der Waals surface area contributed by atoms with Crippen LogP contribution in [0, 0.1) is 5.92 Å². The van der Waals surface area contributed by atoms with Crippen LogP contribution in [0.15, 0.2) is 24.8 Å². The molecule has 0 amide bonds. The van der Waals surface area contributed by atoms with Crippen molar-refractivity contribution >= 4 is 23.0 Å². The zero-order valence-corrected chi connectivity index (χ0v) is 10.1. The van der Waals surface area contributed by atoms with Crippen LogP contribution in [-0.4, -0.2) is 30.6 Å². The van der Waals surface area contributed by atoms with Gasteiger partial charge >= 0.3 is 5.97 Å². The molecule has 2 atom stereocenters. The first-order valence-electron chi connectivity index (χ1n) is 5.98. The van der Waals surface area contributed by atoms with Gasteiger partial charge in [-0.2, -0.15) is 0 Å². The Balaban J connectivity index is 1.89. The van der Waals surface area contributed by atoms with Gasteiger partial charge in [0.2, 0.25) is 0 Å². The average molecular weight is 259 g/mol. The fourth-order valence-electron chi connectivity index (χ4n) is 2.45. The van der Waals surface area contributed by atoms with Crippen molar-refractivity contribution in [3.8, 4) is 0 Å². The van der Waals surface area contributed by atoms with Gasteiger partial charge in [0.05, 0.1) is 18.8 Å². The number of fused-ring (bicyclic) bond motifs is 1. The summed E-state index contributed by atoms with van der Waals surface area (Å²) in [4.78, 5) is 23.0. The maximum atomic E-state index is 10.7.